The highest BCUT2D eigenvalue weighted by Crippen LogP contribution is 2.45. The second kappa shape index (κ2) is 3.77. The third kappa shape index (κ3) is 1.47. The molecule has 1 aromatic rings. The van der Waals surface area contributed by atoms with E-state index in [-0.39, 0.29) is 5.37 Å². The normalized spacial score (nSPS) is 20.3. The standard InChI is InChI=1S/C10H10F2NS/c1-2-9-13(10(11)12)7-5-3-4-6-8(7)14-9/h2-6,9-10H,1H3. The molecular formula is C10H10F2NS. The van der Waals surface area contributed by atoms with Gasteiger partial charge in [-0.2, -0.15) is 8.78 Å². The Morgan fingerprint density at radius 1 is 1.43 bits per heavy atom. The summed E-state index contributed by atoms with van der Waals surface area (Å²) in [7, 11) is 0. The van der Waals surface area contributed by atoms with E-state index in [4.69, 9.17) is 0 Å². The molecule has 0 fully saturated rings. The van der Waals surface area contributed by atoms with Gasteiger partial charge in [0.05, 0.1) is 11.1 Å². The van der Waals surface area contributed by atoms with Crippen LogP contribution in [-0.4, -0.2) is 11.9 Å². The van der Waals surface area contributed by atoms with Crippen molar-refractivity contribution in [3.05, 3.63) is 30.7 Å². The zero-order chi connectivity index (χ0) is 10.1. The molecule has 4 heteroatoms. The van der Waals surface area contributed by atoms with E-state index in [0.29, 0.717) is 5.69 Å². The number of benzene rings is 1. The predicted molar refractivity (Wildman–Crippen MR) is 54.5 cm³/mol. The highest BCUT2D eigenvalue weighted by atomic mass is 32.2. The number of nitrogens with zero attached hydrogens (tertiary/aromatic N) is 1. The summed E-state index contributed by atoms with van der Waals surface area (Å²) in [6, 6.07) is 7.26. The monoisotopic (exact) mass is 214 g/mol. The maximum Gasteiger partial charge on any atom is 0.316 e. The summed E-state index contributed by atoms with van der Waals surface area (Å²) in [6.07, 6.45) is 1.79. The molecule has 1 atom stereocenters. The average Bonchev–Trinajstić information content (AvgIpc) is 2.55. The van der Waals surface area contributed by atoms with Crippen molar-refractivity contribution in [1.29, 1.82) is 0 Å². The van der Waals surface area contributed by atoms with Crippen molar-refractivity contribution in [3.63, 3.8) is 0 Å². The number of para-hydroxylation sites is 1. The molecule has 0 saturated carbocycles. The van der Waals surface area contributed by atoms with E-state index in [2.05, 4.69) is 0 Å². The van der Waals surface area contributed by atoms with Crippen LogP contribution < -0.4 is 4.90 Å². The first-order valence-electron chi connectivity index (χ1n) is 4.35. The number of fused-ring (bicyclic) bond motifs is 1. The van der Waals surface area contributed by atoms with Gasteiger partial charge in [-0.05, 0) is 18.6 Å². The van der Waals surface area contributed by atoms with Gasteiger partial charge in [-0.15, -0.1) is 0 Å². The predicted octanol–water partition coefficient (Wildman–Crippen LogP) is 3.37. The molecule has 75 valence electrons. The van der Waals surface area contributed by atoms with Gasteiger partial charge < -0.3 is 4.90 Å². The Balaban J connectivity index is 2.37. The molecule has 1 aliphatic heterocycles. The topological polar surface area (TPSA) is 3.24 Å². The lowest BCUT2D eigenvalue weighted by Crippen LogP contribution is -2.33. The van der Waals surface area contributed by atoms with Gasteiger partial charge in [-0.25, -0.2) is 0 Å². The maximum atomic E-state index is 12.7. The van der Waals surface area contributed by atoms with Crippen LogP contribution in [0, 0.1) is 6.42 Å². The van der Waals surface area contributed by atoms with Crippen molar-refractivity contribution in [3.8, 4) is 0 Å². The lowest BCUT2D eigenvalue weighted by molar-refractivity contribution is 0.142. The molecule has 2 rings (SSSR count). The summed E-state index contributed by atoms with van der Waals surface area (Å²) in [5.74, 6) is 0. The van der Waals surface area contributed by atoms with Crippen LogP contribution in [0.1, 0.15) is 6.92 Å². The van der Waals surface area contributed by atoms with Crippen LogP contribution in [0.25, 0.3) is 0 Å². The molecule has 1 nitrogen and oxygen atoms in total. The molecular weight excluding hydrogens is 204 g/mol. The second-order valence-electron chi connectivity index (χ2n) is 2.99. The second-order valence-corrected chi connectivity index (χ2v) is 4.15. The summed E-state index contributed by atoms with van der Waals surface area (Å²) in [5, 5.41) is -0.243. The van der Waals surface area contributed by atoms with E-state index in [1.807, 2.05) is 12.1 Å². The van der Waals surface area contributed by atoms with Crippen LogP contribution in [0.15, 0.2) is 29.2 Å². The average molecular weight is 214 g/mol. The number of thioether (sulfide) groups is 1. The van der Waals surface area contributed by atoms with Crippen molar-refractivity contribution in [2.45, 2.75) is 23.7 Å². The van der Waals surface area contributed by atoms with E-state index in [1.54, 1.807) is 25.5 Å². The number of halogens is 2. The van der Waals surface area contributed by atoms with Crippen molar-refractivity contribution in [1.82, 2.24) is 0 Å². The molecule has 0 amide bonds. The van der Waals surface area contributed by atoms with Crippen LogP contribution in [0.5, 0.6) is 0 Å². The summed E-state index contributed by atoms with van der Waals surface area (Å²) >= 11 is 1.46. The number of hydrogen-bond donors (Lipinski definition) is 0. The van der Waals surface area contributed by atoms with Gasteiger partial charge in [0.2, 0.25) is 0 Å². The fourth-order valence-corrected chi connectivity index (χ4v) is 2.71. The molecule has 0 saturated heterocycles. The molecule has 0 aliphatic carbocycles. The molecule has 0 aromatic heterocycles. The molecule has 14 heavy (non-hydrogen) atoms. The Morgan fingerprint density at radius 2 is 2.14 bits per heavy atom. The SMILES string of the molecule is C[CH]C1Sc2ccccc2N1C(F)F. The van der Waals surface area contributed by atoms with E-state index < -0.39 is 6.55 Å². The number of rotatable bonds is 2. The molecule has 1 radical (unpaired) electrons. The first kappa shape index (κ1) is 9.77. The van der Waals surface area contributed by atoms with Crippen molar-refractivity contribution >= 4 is 17.4 Å². The highest BCUT2D eigenvalue weighted by molar-refractivity contribution is 8.00. The Kier molecular flexibility index (Phi) is 2.63. The fourth-order valence-electron chi connectivity index (χ4n) is 1.54. The van der Waals surface area contributed by atoms with Gasteiger partial charge in [0, 0.05) is 4.90 Å². The third-order valence-electron chi connectivity index (χ3n) is 2.16. The van der Waals surface area contributed by atoms with Gasteiger partial charge in [0.1, 0.15) is 0 Å². The molecule has 1 aromatic carbocycles. The Bertz CT molecular complexity index is 330. The van der Waals surface area contributed by atoms with Gasteiger partial charge in [0.15, 0.2) is 0 Å². The van der Waals surface area contributed by atoms with E-state index in [0.717, 1.165) is 9.80 Å². The fraction of sp³-hybridized carbons (Fsp3) is 0.300. The Labute approximate surface area is 86.1 Å². The lowest BCUT2D eigenvalue weighted by Gasteiger charge is -2.23. The highest BCUT2D eigenvalue weighted by Gasteiger charge is 2.33. The van der Waals surface area contributed by atoms with Gasteiger partial charge in [-0.1, -0.05) is 30.8 Å². The number of hydrogen-bond acceptors (Lipinski definition) is 2. The zero-order valence-corrected chi connectivity index (χ0v) is 8.47. The molecule has 1 unspecified atom stereocenters. The molecule has 0 spiro atoms. The summed E-state index contributed by atoms with van der Waals surface area (Å²) in [5.41, 5.74) is 0.635. The van der Waals surface area contributed by atoms with Crippen LogP contribution in [0.2, 0.25) is 0 Å². The van der Waals surface area contributed by atoms with Crippen LogP contribution in [0.3, 0.4) is 0 Å². The quantitative estimate of drug-likeness (QED) is 0.694. The van der Waals surface area contributed by atoms with Crippen LogP contribution in [0.4, 0.5) is 14.5 Å². The van der Waals surface area contributed by atoms with Gasteiger partial charge in [0.25, 0.3) is 0 Å². The molecule has 1 heterocycles. The first-order chi connectivity index (χ1) is 6.74. The molecule has 1 aliphatic rings. The van der Waals surface area contributed by atoms with E-state index >= 15 is 0 Å². The summed E-state index contributed by atoms with van der Waals surface area (Å²) < 4.78 is 25.5. The minimum atomic E-state index is -2.44. The number of alkyl halides is 2. The Morgan fingerprint density at radius 3 is 2.79 bits per heavy atom. The minimum Gasteiger partial charge on any atom is -0.302 e. The van der Waals surface area contributed by atoms with Crippen LogP contribution in [-0.2, 0) is 0 Å². The van der Waals surface area contributed by atoms with E-state index in [9.17, 15) is 8.78 Å². The minimum absolute atomic E-state index is 0.243. The Hall–Kier alpha value is -0.770. The first-order valence-corrected chi connectivity index (χ1v) is 5.23. The van der Waals surface area contributed by atoms with Gasteiger partial charge >= 0.3 is 6.55 Å². The zero-order valence-electron chi connectivity index (χ0n) is 7.65. The summed E-state index contributed by atoms with van der Waals surface area (Å²) in [4.78, 5) is 2.07. The molecule has 0 N–H and O–H groups in total. The van der Waals surface area contributed by atoms with E-state index in [1.165, 1.54) is 11.8 Å². The largest absolute Gasteiger partial charge is 0.316 e. The lowest BCUT2D eigenvalue weighted by atomic mass is 10.3. The van der Waals surface area contributed by atoms with Crippen LogP contribution >= 0.6 is 11.8 Å². The van der Waals surface area contributed by atoms with Crippen molar-refractivity contribution in [2.75, 3.05) is 4.90 Å². The summed E-state index contributed by atoms with van der Waals surface area (Å²) in [6.45, 7) is -0.633. The van der Waals surface area contributed by atoms with Crippen molar-refractivity contribution in [2.24, 2.45) is 0 Å². The molecule has 0 bridgehead atoms. The number of anilines is 1. The smallest absolute Gasteiger partial charge is 0.302 e. The maximum absolute atomic E-state index is 12.7. The van der Waals surface area contributed by atoms with Gasteiger partial charge in [-0.3, -0.25) is 0 Å². The van der Waals surface area contributed by atoms with Crippen molar-refractivity contribution < 1.29 is 8.78 Å². The third-order valence-corrected chi connectivity index (χ3v) is 3.50.